The number of carbonyl (C=O) groups is 1. The zero-order valence-electron chi connectivity index (χ0n) is 16.1. The number of anilines is 1. The van der Waals surface area contributed by atoms with Crippen LogP contribution in [0, 0.1) is 12.8 Å². The van der Waals surface area contributed by atoms with Gasteiger partial charge in [0, 0.05) is 43.9 Å². The van der Waals surface area contributed by atoms with Crippen molar-refractivity contribution in [3.63, 3.8) is 0 Å². The predicted octanol–water partition coefficient (Wildman–Crippen LogP) is 1.42. The number of morpholine rings is 1. The fourth-order valence-electron chi connectivity index (χ4n) is 4.61. The van der Waals surface area contributed by atoms with Crippen molar-refractivity contribution in [3.8, 4) is 0 Å². The van der Waals surface area contributed by atoms with Gasteiger partial charge in [0.15, 0.2) is 0 Å². The molecular weight excluding hydrogens is 344 g/mol. The van der Waals surface area contributed by atoms with Crippen LogP contribution in [0.2, 0.25) is 0 Å². The van der Waals surface area contributed by atoms with Crippen LogP contribution in [-0.2, 0) is 26.3 Å². The minimum absolute atomic E-state index is 0.179. The fraction of sp³-hybridized carbons (Fsp3) is 0.750. The number of hydrogen-bond acceptors (Lipinski definition) is 6. The summed E-state index contributed by atoms with van der Waals surface area (Å²) >= 11 is 0. The van der Waals surface area contributed by atoms with E-state index in [4.69, 9.17) is 19.4 Å². The zero-order valence-corrected chi connectivity index (χ0v) is 16.1. The Morgan fingerprint density at radius 2 is 2.00 bits per heavy atom. The Morgan fingerprint density at radius 3 is 2.78 bits per heavy atom. The molecule has 5 rings (SSSR count). The molecule has 1 aromatic heterocycles. The third kappa shape index (κ3) is 3.21. The monoisotopic (exact) mass is 372 g/mol. The summed E-state index contributed by atoms with van der Waals surface area (Å²) in [6.45, 7) is 7.90. The largest absolute Gasteiger partial charge is 0.378 e. The first-order chi connectivity index (χ1) is 13.1. The van der Waals surface area contributed by atoms with Crippen molar-refractivity contribution in [3.05, 3.63) is 17.0 Å². The molecule has 7 heteroatoms. The quantitative estimate of drug-likeness (QED) is 0.799. The van der Waals surface area contributed by atoms with E-state index in [2.05, 4.69) is 11.8 Å². The van der Waals surface area contributed by atoms with Crippen LogP contribution in [0.1, 0.15) is 42.6 Å². The Hall–Kier alpha value is -1.73. The summed E-state index contributed by atoms with van der Waals surface area (Å²) in [5.41, 5.74) is 3.06. The van der Waals surface area contributed by atoms with Gasteiger partial charge in [0.25, 0.3) is 0 Å². The summed E-state index contributed by atoms with van der Waals surface area (Å²) in [5.74, 6) is 1.74. The predicted molar refractivity (Wildman–Crippen MR) is 99.7 cm³/mol. The van der Waals surface area contributed by atoms with E-state index < -0.39 is 0 Å². The molecule has 3 fully saturated rings. The molecule has 1 spiro atoms. The van der Waals surface area contributed by atoms with Gasteiger partial charge in [-0.1, -0.05) is 0 Å². The van der Waals surface area contributed by atoms with Crippen LogP contribution in [0.25, 0.3) is 0 Å². The number of carbonyl (C=O) groups excluding carboxylic acids is 1. The maximum atomic E-state index is 12.6. The molecule has 4 aliphatic rings. The van der Waals surface area contributed by atoms with E-state index >= 15 is 0 Å². The Kier molecular flexibility index (Phi) is 4.31. The lowest BCUT2D eigenvalue weighted by Gasteiger charge is -2.36. The molecule has 0 radical (unpaired) electrons. The lowest BCUT2D eigenvalue weighted by molar-refractivity contribution is -0.130. The zero-order chi connectivity index (χ0) is 18.4. The summed E-state index contributed by atoms with van der Waals surface area (Å²) in [4.78, 5) is 26.7. The molecule has 0 N–H and O–H groups in total. The van der Waals surface area contributed by atoms with Crippen molar-refractivity contribution < 1.29 is 14.3 Å². The lowest BCUT2D eigenvalue weighted by atomic mass is 9.80. The first-order valence-corrected chi connectivity index (χ1v) is 10.2. The molecule has 146 valence electrons. The van der Waals surface area contributed by atoms with Gasteiger partial charge in [-0.25, -0.2) is 9.97 Å². The summed E-state index contributed by atoms with van der Waals surface area (Å²) < 4.78 is 11.4. The van der Waals surface area contributed by atoms with E-state index in [-0.39, 0.29) is 5.41 Å². The molecule has 27 heavy (non-hydrogen) atoms. The van der Waals surface area contributed by atoms with E-state index in [1.54, 1.807) is 0 Å². The summed E-state index contributed by atoms with van der Waals surface area (Å²) in [6, 6.07) is 0. The number of amides is 1. The first-order valence-electron chi connectivity index (χ1n) is 10.2. The SMILES string of the molecule is Cc1nc(N2CCOCC2)nc2c1COC[C@]21CCN(C(=O)CC2CC2)C1. The minimum atomic E-state index is -0.179. The van der Waals surface area contributed by atoms with Crippen LogP contribution in [0.4, 0.5) is 5.95 Å². The van der Waals surface area contributed by atoms with Crippen molar-refractivity contribution in [2.45, 2.75) is 44.6 Å². The molecular formula is C20H28N4O3. The molecule has 1 atom stereocenters. The maximum Gasteiger partial charge on any atom is 0.225 e. The molecule has 7 nitrogen and oxygen atoms in total. The van der Waals surface area contributed by atoms with E-state index in [1.165, 1.54) is 12.8 Å². The summed E-state index contributed by atoms with van der Waals surface area (Å²) in [7, 11) is 0. The maximum absolute atomic E-state index is 12.6. The molecule has 1 aromatic rings. The number of rotatable bonds is 3. The van der Waals surface area contributed by atoms with Gasteiger partial charge in [0.1, 0.15) is 0 Å². The van der Waals surface area contributed by atoms with Crippen LogP contribution >= 0.6 is 0 Å². The smallest absolute Gasteiger partial charge is 0.225 e. The number of aryl methyl sites for hydroxylation is 1. The molecule has 0 bridgehead atoms. The van der Waals surface area contributed by atoms with Crippen molar-refractivity contribution in [2.75, 3.05) is 50.9 Å². The summed E-state index contributed by atoms with van der Waals surface area (Å²) in [5, 5.41) is 0. The second kappa shape index (κ2) is 6.71. The molecule has 0 aromatic carbocycles. The van der Waals surface area contributed by atoms with Gasteiger partial charge < -0.3 is 19.3 Å². The van der Waals surface area contributed by atoms with Crippen molar-refractivity contribution in [2.24, 2.45) is 5.92 Å². The van der Waals surface area contributed by atoms with Crippen LogP contribution < -0.4 is 4.90 Å². The number of aromatic nitrogens is 2. The molecule has 4 heterocycles. The normalized spacial score (nSPS) is 27.9. The Balaban J connectivity index is 1.44. The second-order valence-electron chi connectivity index (χ2n) is 8.52. The lowest BCUT2D eigenvalue weighted by Crippen LogP contribution is -2.43. The average Bonchev–Trinajstić information content (AvgIpc) is 3.40. The third-order valence-corrected chi connectivity index (χ3v) is 6.49. The van der Waals surface area contributed by atoms with Crippen molar-refractivity contribution in [1.82, 2.24) is 14.9 Å². The van der Waals surface area contributed by atoms with Gasteiger partial charge in [0.05, 0.1) is 37.5 Å². The van der Waals surface area contributed by atoms with Gasteiger partial charge in [-0.3, -0.25) is 4.79 Å². The number of nitrogens with zero attached hydrogens (tertiary/aromatic N) is 4. The highest BCUT2D eigenvalue weighted by atomic mass is 16.5. The molecule has 1 saturated carbocycles. The third-order valence-electron chi connectivity index (χ3n) is 6.49. The Labute approximate surface area is 160 Å². The Morgan fingerprint density at radius 1 is 1.19 bits per heavy atom. The fourth-order valence-corrected chi connectivity index (χ4v) is 4.61. The van der Waals surface area contributed by atoms with Gasteiger partial charge in [0.2, 0.25) is 11.9 Å². The van der Waals surface area contributed by atoms with Crippen molar-refractivity contribution >= 4 is 11.9 Å². The highest BCUT2D eigenvalue weighted by Gasteiger charge is 2.47. The average molecular weight is 372 g/mol. The van der Waals surface area contributed by atoms with Gasteiger partial charge in [-0.05, 0) is 32.1 Å². The molecule has 2 saturated heterocycles. The number of ether oxygens (including phenoxy) is 2. The van der Waals surface area contributed by atoms with E-state index in [9.17, 15) is 4.79 Å². The van der Waals surface area contributed by atoms with E-state index in [0.29, 0.717) is 31.5 Å². The van der Waals surface area contributed by atoms with E-state index in [1.807, 2.05) is 4.90 Å². The number of likely N-dealkylation sites (tertiary alicyclic amines) is 1. The van der Waals surface area contributed by atoms with Crippen LogP contribution in [0.5, 0.6) is 0 Å². The standard InChI is InChI=1S/C20H28N4O3/c1-14-16-11-27-13-20(4-5-24(12-20)17(25)10-15-2-3-15)18(16)22-19(21-14)23-6-8-26-9-7-23/h15H,2-13H2,1H3/t20-/m1/s1. The molecule has 3 aliphatic heterocycles. The highest BCUT2D eigenvalue weighted by Crippen LogP contribution is 2.41. The van der Waals surface area contributed by atoms with Crippen LogP contribution in [0.3, 0.4) is 0 Å². The van der Waals surface area contributed by atoms with E-state index in [0.717, 1.165) is 68.7 Å². The van der Waals surface area contributed by atoms with Gasteiger partial charge in [-0.15, -0.1) is 0 Å². The second-order valence-corrected chi connectivity index (χ2v) is 8.52. The molecule has 1 amide bonds. The Bertz CT molecular complexity index is 745. The topological polar surface area (TPSA) is 67.8 Å². The number of fused-ring (bicyclic) bond motifs is 2. The van der Waals surface area contributed by atoms with Crippen LogP contribution in [-0.4, -0.2) is 66.8 Å². The van der Waals surface area contributed by atoms with Gasteiger partial charge >= 0.3 is 0 Å². The minimum Gasteiger partial charge on any atom is -0.378 e. The number of hydrogen-bond donors (Lipinski definition) is 0. The van der Waals surface area contributed by atoms with Gasteiger partial charge in [-0.2, -0.15) is 0 Å². The molecule has 0 unspecified atom stereocenters. The summed E-state index contributed by atoms with van der Waals surface area (Å²) in [6.07, 6.45) is 4.07. The molecule has 1 aliphatic carbocycles. The highest BCUT2D eigenvalue weighted by molar-refractivity contribution is 5.77. The van der Waals surface area contributed by atoms with Crippen LogP contribution in [0.15, 0.2) is 0 Å². The van der Waals surface area contributed by atoms with Crippen molar-refractivity contribution in [1.29, 1.82) is 0 Å². The first kappa shape index (κ1) is 17.4.